The van der Waals surface area contributed by atoms with Crippen molar-refractivity contribution in [1.82, 2.24) is 20.0 Å². The lowest BCUT2D eigenvalue weighted by atomic mass is 10.6. The van der Waals surface area contributed by atoms with Crippen LogP contribution >= 0.6 is 23.7 Å². The molecule has 0 amide bonds. The van der Waals surface area contributed by atoms with Crippen LogP contribution in [0, 0.1) is 0 Å². The van der Waals surface area contributed by atoms with Crippen LogP contribution in [0.1, 0.15) is 4.88 Å². The van der Waals surface area contributed by atoms with E-state index in [4.69, 9.17) is 5.73 Å². The first-order chi connectivity index (χ1) is 5.90. The van der Waals surface area contributed by atoms with Crippen LogP contribution in [0.25, 0.3) is 5.13 Å². The summed E-state index contributed by atoms with van der Waals surface area (Å²) in [4.78, 5) is 6.61. The van der Waals surface area contributed by atoms with Gasteiger partial charge in [0.1, 0.15) is 0 Å². The standard InChI is InChI=1S/C6H7N5S.ClH/c7-3-5-4-8-6(12-5)11-9-1-2-10-11;/h1-2,4H,3,7H2;1H. The second kappa shape index (κ2) is 4.31. The molecule has 0 aliphatic heterocycles. The molecule has 13 heavy (non-hydrogen) atoms. The van der Waals surface area contributed by atoms with Crippen molar-refractivity contribution in [3.63, 3.8) is 0 Å². The van der Waals surface area contributed by atoms with Crippen molar-refractivity contribution in [2.75, 3.05) is 0 Å². The number of aromatic nitrogens is 4. The summed E-state index contributed by atoms with van der Waals surface area (Å²) in [6.45, 7) is 0.513. The number of nitrogens with two attached hydrogens (primary N) is 1. The molecule has 0 spiro atoms. The first-order valence-electron chi connectivity index (χ1n) is 3.41. The fourth-order valence-corrected chi connectivity index (χ4v) is 1.50. The van der Waals surface area contributed by atoms with E-state index >= 15 is 0 Å². The Morgan fingerprint density at radius 2 is 2.08 bits per heavy atom. The zero-order chi connectivity index (χ0) is 8.39. The quantitative estimate of drug-likeness (QED) is 0.800. The second-order valence-electron chi connectivity index (χ2n) is 2.13. The van der Waals surface area contributed by atoms with E-state index in [1.165, 1.54) is 16.1 Å². The minimum atomic E-state index is 0. The van der Waals surface area contributed by atoms with E-state index in [2.05, 4.69) is 15.2 Å². The van der Waals surface area contributed by atoms with E-state index in [9.17, 15) is 0 Å². The summed E-state index contributed by atoms with van der Waals surface area (Å²) in [7, 11) is 0. The maximum atomic E-state index is 5.44. The minimum absolute atomic E-state index is 0. The topological polar surface area (TPSA) is 69.6 Å². The zero-order valence-electron chi connectivity index (χ0n) is 6.62. The third-order valence-corrected chi connectivity index (χ3v) is 2.32. The number of hydrogen-bond acceptors (Lipinski definition) is 5. The van der Waals surface area contributed by atoms with E-state index in [0.717, 1.165) is 10.0 Å². The van der Waals surface area contributed by atoms with Crippen molar-refractivity contribution in [2.24, 2.45) is 5.73 Å². The van der Waals surface area contributed by atoms with Crippen LogP contribution in [0.15, 0.2) is 18.6 Å². The molecule has 0 aliphatic rings. The van der Waals surface area contributed by atoms with Crippen LogP contribution in [0.2, 0.25) is 0 Å². The maximum Gasteiger partial charge on any atom is 0.230 e. The number of thiazole rings is 1. The van der Waals surface area contributed by atoms with Gasteiger partial charge in [-0.2, -0.15) is 10.2 Å². The Bertz CT molecular complexity index is 357. The fraction of sp³-hybridized carbons (Fsp3) is 0.167. The molecular formula is C6H8ClN5S. The van der Waals surface area contributed by atoms with E-state index in [1.54, 1.807) is 18.6 Å². The van der Waals surface area contributed by atoms with Gasteiger partial charge in [-0.3, -0.25) is 0 Å². The molecule has 2 aromatic rings. The van der Waals surface area contributed by atoms with Gasteiger partial charge in [-0.25, -0.2) is 4.98 Å². The Morgan fingerprint density at radius 1 is 1.38 bits per heavy atom. The SMILES string of the molecule is Cl.NCc1cnc(-n2nccn2)s1. The molecule has 7 heteroatoms. The summed E-state index contributed by atoms with van der Waals surface area (Å²) in [5.74, 6) is 0. The van der Waals surface area contributed by atoms with Gasteiger partial charge in [0.15, 0.2) is 0 Å². The van der Waals surface area contributed by atoms with Gasteiger partial charge in [0.05, 0.1) is 12.4 Å². The van der Waals surface area contributed by atoms with Gasteiger partial charge in [-0.15, -0.1) is 17.2 Å². The van der Waals surface area contributed by atoms with Crippen LogP contribution in [-0.4, -0.2) is 20.0 Å². The minimum Gasteiger partial charge on any atom is -0.326 e. The summed E-state index contributed by atoms with van der Waals surface area (Å²) in [5, 5.41) is 8.64. The molecule has 0 bridgehead atoms. The Kier molecular flexibility index (Phi) is 3.35. The van der Waals surface area contributed by atoms with E-state index in [0.29, 0.717) is 6.54 Å². The van der Waals surface area contributed by atoms with Crippen molar-refractivity contribution >= 4 is 23.7 Å². The fourth-order valence-electron chi connectivity index (χ4n) is 0.799. The highest BCUT2D eigenvalue weighted by Gasteiger charge is 2.02. The van der Waals surface area contributed by atoms with Crippen molar-refractivity contribution in [2.45, 2.75) is 6.54 Å². The molecule has 2 aromatic heterocycles. The molecule has 5 nitrogen and oxygen atoms in total. The monoisotopic (exact) mass is 217 g/mol. The molecule has 0 fully saturated rings. The van der Waals surface area contributed by atoms with Gasteiger partial charge in [0, 0.05) is 17.6 Å². The highest BCUT2D eigenvalue weighted by molar-refractivity contribution is 7.14. The van der Waals surface area contributed by atoms with Gasteiger partial charge in [-0.1, -0.05) is 11.3 Å². The number of nitrogens with zero attached hydrogens (tertiary/aromatic N) is 4. The van der Waals surface area contributed by atoms with Gasteiger partial charge in [0.25, 0.3) is 0 Å². The van der Waals surface area contributed by atoms with Crippen molar-refractivity contribution < 1.29 is 0 Å². The number of hydrogen-bond donors (Lipinski definition) is 1. The van der Waals surface area contributed by atoms with Gasteiger partial charge < -0.3 is 5.73 Å². The predicted molar refractivity (Wildman–Crippen MR) is 52.2 cm³/mol. The molecule has 0 aromatic carbocycles. The smallest absolute Gasteiger partial charge is 0.230 e. The Morgan fingerprint density at radius 3 is 2.62 bits per heavy atom. The molecule has 2 N–H and O–H groups in total. The normalized spacial score (nSPS) is 9.62. The zero-order valence-corrected chi connectivity index (χ0v) is 8.25. The predicted octanol–water partition coefficient (Wildman–Crippen LogP) is 0.604. The maximum absolute atomic E-state index is 5.44. The van der Waals surface area contributed by atoms with E-state index in [1.807, 2.05) is 0 Å². The molecular weight excluding hydrogens is 210 g/mol. The molecule has 0 aliphatic carbocycles. The van der Waals surface area contributed by atoms with Gasteiger partial charge >= 0.3 is 0 Å². The van der Waals surface area contributed by atoms with Crippen LogP contribution in [0.5, 0.6) is 0 Å². The summed E-state index contributed by atoms with van der Waals surface area (Å²) in [6.07, 6.45) is 4.97. The van der Waals surface area contributed by atoms with Gasteiger partial charge in [0.2, 0.25) is 5.13 Å². The lowest BCUT2D eigenvalue weighted by Crippen LogP contribution is -1.96. The third-order valence-electron chi connectivity index (χ3n) is 1.33. The molecule has 0 radical (unpaired) electrons. The lowest BCUT2D eigenvalue weighted by Gasteiger charge is -1.88. The van der Waals surface area contributed by atoms with Crippen LogP contribution in [-0.2, 0) is 6.54 Å². The van der Waals surface area contributed by atoms with E-state index < -0.39 is 0 Å². The average Bonchev–Trinajstić information content (AvgIpc) is 2.75. The molecule has 2 heterocycles. The average molecular weight is 218 g/mol. The second-order valence-corrected chi connectivity index (χ2v) is 3.23. The molecule has 0 atom stereocenters. The van der Waals surface area contributed by atoms with Gasteiger partial charge in [-0.05, 0) is 0 Å². The summed E-state index contributed by atoms with van der Waals surface area (Å²) in [5.41, 5.74) is 5.44. The molecule has 70 valence electrons. The van der Waals surface area contributed by atoms with Crippen LogP contribution < -0.4 is 5.73 Å². The van der Waals surface area contributed by atoms with Crippen LogP contribution in [0.3, 0.4) is 0 Å². The molecule has 0 saturated heterocycles. The lowest BCUT2D eigenvalue weighted by molar-refractivity contribution is 0.745. The highest BCUT2D eigenvalue weighted by atomic mass is 35.5. The first kappa shape index (κ1) is 10.1. The number of rotatable bonds is 2. The largest absolute Gasteiger partial charge is 0.326 e. The molecule has 0 saturated carbocycles. The summed E-state index contributed by atoms with van der Waals surface area (Å²) < 4.78 is 0. The van der Waals surface area contributed by atoms with Crippen molar-refractivity contribution in [1.29, 1.82) is 0 Å². The molecule has 2 rings (SSSR count). The Labute approximate surface area is 85.0 Å². The summed E-state index contributed by atoms with van der Waals surface area (Å²) >= 11 is 1.49. The third kappa shape index (κ3) is 2.03. The number of halogens is 1. The van der Waals surface area contributed by atoms with Crippen molar-refractivity contribution in [3.8, 4) is 5.13 Å². The first-order valence-corrected chi connectivity index (χ1v) is 4.23. The highest BCUT2D eigenvalue weighted by Crippen LogP contribution is 2.14. The summed E-state index contributed by atoms with van der Waals surface area (Å²) in [6, 6.07) is 0. The van der Waals surface area contributed by atoms with Crippen LogP contribution in [0.4, 0.5) is 0 Å². The Hall–Kier alpha value is -0.980. The Balaban J connectivity index is 0.000000845. The van der Waals surface area contributed by atoms with Crippen molar-refractivity contribution in [3.05, 3.63) is 23.5 Å². The molecule has 0 unspecified atom stereocenters. The van der Waals surface area contributed by atoms with E-state index in [-0.39, 0.29) is 12.4 Å².